The van der Waals surface area contributed by atoms with Crippen molar-refractivity contribution in [1.29, 1.82) is 0 Å². The Hall–Kier alpha value is -3.00. The zero-order valence-electron chi connectivity index (χ0n) is 16.2. The molecule has 3 rings (SSSR count). The van der Waals surface area contributed by atoms with Crippen LogP contribution in [0.1, 0.15) is 29.5 Å². The van der Waals surface area contributed by atoms with Crippen LogP contribution in [-0.4, -0.2) is 29.8 Å². The molecule has 2 amide bonds. The number of rotatable bonds is 6. The Morgan fingerprint density at radius 3 is 2.53 bits per heavy atom. The zero-order chi connectivity index (χ0) is 22.0. The molecule has 1 N–H and O–H groups in total. The standard InChI is InChI=1S/C21H18ClF3N2O3/c1-3-9-27(10-16(28)26-15-8-7-14(23)17(24)18(15)25)21(29)19-11(2)12-5-4-6-13(22)20(12)30-19/h4-8H,3,9-10H2,1-2H3,(H,26,28). The van der Waals surface area contributed by atoms with Crippen LogP contribution < -0.4 is 5.32 Å². The highest BCUT2D eigenvalue weighted by atomic mass is 35.5. The van der Waals surface area contributed by atoms with Crippen molar-refractivity contribution in [2.75, 3.05) is 18.4 Å². The first-order valence-corrected chi connectivity index (χ1v) is 9.52. The molecule has 0 unspecified atom stereocenters. The number of para-hydroxylation sites is 1. The van der Waals surface area contributed by atoms with E-state index in [9.17, 15) is 22.8 Å². The highest BCUT2D eigenvalue weighted by molar-refractivity contribution is 6.35. The van der Waals surface area contributed by atoms with Gasteiger partial charge < -0.3 is 14.6 Å². The van der Waals surface area contributed by atoms with Crippen LogP contribution >= 0.6 is 11.6 Å². The molecule has 5 nitrogen and oxygen atoms in total. The fourth-order valence-electron chi connectivity index (χ4n) is 3.06. The zero-order valence-corrected chi connectivity index (χ0v) is 16.9. The molecule has 3 aromatic rings. The number of nitrogens with zero attached hydrogens (tertiary/aromatic N) is 1. The van der Waals surface area contributed by atoms with Crippen LogP contribution in [0, 0.1) is 24.4 Å². The summed E-state index contributed by atoms with van der Waals surface area (Å²) in [4.78, 5) is 26.6. The van der Waals surface area contributed by atoms with Crippen LogP contribution in [0.25, 0.3) is 11.0 Å². The van der Waals surface area contributed by atoms with Crippen molar-refractivity contribution in [1.82, 2.24) is 4.90 Å². The Bertz CT molecular complexity index is 1130. The largest absolute Gasteiger partial charge is 0.449 e. The van der Waals surface area contributed by atoms with Crippen LogP contribution in [-0.2, 0) is 4.79 Å². The Balaban J connectivity index is 1.83. The summed E-state index contributed by atoms with van der Waals surface area (Å²) < 4.78 is 45.9. The normalized spacial score (nSPS) is 11.0. The number of furan rings is 1. The van der Waals surface area contributed by atoms with Crippen molar-refractivity contribution < 1.29 is 27.2 Å². The fraction of sp³-hybridized carbons (Fsp3) is 0.238. The van der Waals surface area contributed by atoms with E-state index in [0.717, 1.165) is 6.07 Å². The van der Waals surface area contributed by atoms with Gasteiger partial charge in [-0.3, -0.25) is 9.59 Å². The summed E-state index contributed by atoms with van der Waals surface area (Å²) in [5.74, 6) is -5.84. The average Bonchev–Trinajstić information content (AvgIpc) is 3.06. The molecular weight excluding hydrogens is 421 g/mol. The van der Waals surface area contributed by atoms with Gasteiger partial charge in [-0.15, -0.1) is 0 Å². The van der Waals surface area contributed by atoms with Gasteiger partial charge >= 0.3 is 0 Å². The minimum Gasteiger partial charge on any atom is -0.449 e. The number of fused-ring (bicyclic) bond motifs is 1. The molecular formula is C21H18ClF3N2O3. The maximum atomic E-state index is 13.8. The lowest BCUT2D eigenvalue weighted by atomic mass is 10.1. The Labute approximate surface area is 175 Å². The number of aryl methyl sites for hydroxylation is 1. The second kappa shape index (κ2) is 8.79. The van der Waals surface area contributed by atoms with Crippen LogP contribution in [0.4, 0.5) is 18.9 Å². The molecule has 1 aromatic heterocycles. The lowest BCUT2D eigenvalue weighted by Gasteiger charge is -2.21. The van der Waals surface area contributed by atoms with E-state index in [1.54, 1.807) is 25.1 Å². The number of hydrogen-bond donors (Lipinski definition) is 1. The van der Waals surface area contributed by atoms with Gasteiger partial charge in [0.05, 0.1) is 10.7 Å². The van der Waals surface area contributed by atoms with Gasteiger partial charge in [-0.05, 0) is 31.5 Å². The van der Waals surface area contributed by atoms with Gasteiger partial charge in [0.25, 0.3) is 5.91 Å². The van der Waals surface area contributed by atoms with E-state index in [1.165, 1.54) is 4.90 Å². The molecule has 0 saturated heterocycles. The third kappa shape index (κ3) is 4.14. The molecule has 0 fully saturated rings. The van der Waals surface area contributed by atoms with E-state index in [-0.39, 0.29) is 12.3 Å². The third-order valence-corrected chi connectivity index (χ3v) is 4.83. The van der Waals surface area contributed by atoms with Crippen LogP contribution in [0.15, 0.2) is 34.7 Å². The monoisotopic (exact) mass is 438 g/mol. The van der Waals surface area contributed by atoms with E-state index in [2.05, 4.69) is 5.32 Å². The molecule has 9 heteroatoms. The van der Waals surface area contributed by atoms with Gasteiger partial charge in [-0.25, -0.2) is 13.2 Å². The second-order valence-corrected chi connectivity index (χ2v) is 7.08. The molecule has 0 aliphatic heterocycles. The van der Waals surface area contributed by atoms with Gasteiger partial charge in [0.1, 0.15) is 6.54 Å². The second-order valence-electron chi connectivity index (χ2n) is 6.67. The predicted octanol–water partition coefficient (Wildman–Crippen LogP) is 5.30. The van der Waals surface area contributed by atoms with Gasteiger partial charge in [0.2, 0.25) is 5.91 Å². The van der Waals surface area contributed by atoms with Gasteiger partial charge in [-0.2, -0.15) is 0 Å². The first-order valence-electron chi connectivity index (χ1n) is 9.14. The van der Waals surface area contributed by atoms with E-state index >= 15 is 0 Å². The fourth-order valence-corrected chi connectivity index (χ4v) is 3.28. The Morgan fingerprint density at radius 2 is 1.87 bits per heavy atom. The number of benzene rings is 2. The van der Waals surface area contributed by atoms with E-state index in [4.69, 9.17) is 16.0 Å². The van der Waals surface area contributed by atoms with Crippen molar-refractivity contribution in [3.8, 4) is 0 Å². The summed E-state index contributed by atoms with van der Waals surface area (Å²) in [5.41, 5.74) is 0.421. The van der Waals surface area contributed by atoms with Crippen molar-refractivity contribution in [2.24, 2.45) is 0 Å². The number of carbonyl (C=O) groups excluding carboxylic acids is 2. The number of amides is 2. The molecule has 0 atom stereocenters. The Morgan fingerprint density at radius 1 is 1.13 bits per heavy atom. The lowest BCUT2D eigenvalue weighted by molar-refractivity contribution is -0.116. The molecule has 0 aliphatic carbocycles. The van der Waals surface area contributed by atoms with Crippen molar-refractivity contribution >= 4 is 40.1 Å². The van der Waals surface area contributed by atoms with Gasteiger partial charge in [0.15, 0.2) is 28.8 Å². The summed E-state index contributed by atoms with van der Waals surface area (Å²) in [6.07, 6.45) is 0.540. The first-order chi connectivity index (χ1) is 14.2. The lowest BCUT2D eigenvalue weighted by Crippen LogP contribution is -2.38. The third-order valence-electron chi connectivity index (χ3n) is 4.53. The van der Waals surface area contributed by atoms with E-state index in [0.29, 0.717) is 34.0 Å². The first kappa shape index (κ1) is 21.7. The molecule has 0 saturated carbocycles. The minimum atomic E-state index is -1.69. The predicted molar refractivity (Wildman–Crippen MR) is 107 cm³/mol. The molecule has 0 bridgehead atoms. The molecule has 2 aromatic carbocycles. The van der Waals surface area contributed by atoms with Crippen molar-refractivity contribution in [3.05, 3.63) is 64.1 Å². The smallest absolute Gasteiger partial charge is 0.290 e. The quantitative estimate of drug-likeness (QED) is 0.531. The van der Waals surface area contributed by atoms with Crippen LogP contribution in [0.5, 0.6) is 0 Å². The highest BCUT2D eigenvalue weighted by Crippen LogP contribution is 2.31. The molecule has 1 heterocycles. The van der Waals surface area contributed by atoms with E-state index < -0.39 is 41.5 Å². The SMILES string of the molecule is CCCN(CC(=O)Nc1ccc(F)c(F)c1F)C(=O)c1oc2c(Cl)cccc2c1C. The summed E-state index contributed by atoms with van der Waals surface area (Å²) in [6.45, 7) is 3.30. The molecule has 0 aliphatic rings. The summed E-state index contributed by atoms with van der Waals surface area (Å²) >= 11 is 6.13. The number of carbonyl (C=O) groups is 2. The topological polar surface area (TPSA) is 62.6 Å². The van der Waals surface area contributed by atoms with Crippen LogP contribution in [0.2, 0.25) is 5.02 Å². The Kier molecular flexibility index (Phi) is 6.36. The maximum absolute atomic E-state index is 13.8. The molecule has 158 valence electrons. The van der Waals surface area contributed by atoms with E-state index in [1.807, 2.05) is 6.92 Å². The van der Waals surface area contributed by atoms with Crippen molar-refractivity contribution in [2.45, 2.75) is 20.3 Å². The molecule has 30 heavy (non-hydrogen) atoms. The summed E-state index contributed by atoms with van der Waals surface area (Å²) in [7, 11) is 0. The number of nitrogens with one attached hydrogen (secondary N) is 1. The van der Waals surface area contributed by atoms with Crippen LogP contribution in [0.3, 0.4) is 0 Å². The highest BCUT2D eigenvalue weighted by Gasteiger charge is 2.26. The summed E-state index contributed by atoms with van der Waals surface area (Å²) in [5, 5.41) is 3.18. The van der Waals surface area contributed by atoms with Gasteiger partial charge in [-0.1, -0.05) is 30.7 Å². The summed E-state index contributed by atoms with van der Waals surface area (Å²) in [6, 6.07) is 6.73. The molecule has 0 radical (unpaired) electrons. The minimum absolute atomic E-state index is 0.0401. The van der Waals surface area contributed by atoms with Gasteiger partial charge in [0, 0.05) is 17.5 Å². The molecule has 0 spiro atoms. The number of halogens is 4. The number of hydrogen-bond acceptors (Lipinski definition) is 3. The average molecular weight is 439 g/mol. The number of anilines is 1. The maximum Gasteiger partial charge on any atom is 0.290 e. The van der Waals surface area contributed by atoms with Crippen molar-refractivity contribution in [3.63, 3.8) is 0 Å².